The van der Waals surface area contributed by atoms with Gasteiger partial charge in [0.1, 0.15) is 11.3 Å². The molecule has 0 unspecified atom stereocenters. The topological polar surface area (TPSA) is 43.3 Å². The molecule has 3 aromatic heterocycles. The number of rotatable bonds is 6. The van der Waals surface area contributed by atoms with Crippen molar-refractivity contribution >= 4 is 16.6 Å². The van der Waals surface area contributed by atoms with E-state index in [9.17, 15) is 0 Å². The van der Waals surface area contributed by atoms with Crippen molar-refractivity contribution in [3.8, 4) is 11.3 Å². The lowest BCUT2D eigenvalue weighted by Crippen LogP contribution is -2.02. The molecule has 4 heteroatoms. The Morgan fingerprint density at radius 1 is 1.10 bits per heavy atom. The van der Waals surface area contributed by atoms with Crippen LogP contribution in [0.1, 0.15) is 74.2 Å². The highest BCUT2D eigenvalue weighted by Crippen LogP contribution is 2.39. The number of hydrogen-bond donors (Lipinski definition) is 0. The summed E-state index contributed by atoms with van der Waals surface area (Å²) in [5.74, 6) is 1.33. The first-order valence-electron chi connectivity index (χ1n) is 10.8. The van der Waals surface area contributed by atoms with Crippen molar-refractivity contribution in [3.05, 3.63) is 52.5 Å². The van der Waals surface area contributed by atoms with Crippen molar-refractivity contribution in [3.63, 3.8) is 0 Å². The molecule has 0 saturated heterocycles. The van der Waals surface area contributed by atoms with Gasteiger partial charge in [-0.15, -0.1) is 0 Å². The standard InChI is InChI=1S/C25H31N3O/c1-7-8-9-11-19-14-16(4)27-28-23(17(5)26-25(19)28)22-18(6)29-24-20(15(2)3)12-10-13-21(22)24/h10,12-15H,7-9,11H2,1-6H3. The van der Waals surface area contributed by atoms with Crippen LogP contribution in [0, 0.1) is 20.8 Å². The number of benzene rings is 1. The van der Waals surface area contributed by atoms with Gasteiger partial charge in [-0.1, -0.05) is 51.8 Å². The van der Waals surface area contributed by atoms with Gasteiger partial charge >= 0.3 is 0 Å². The summed E-state index contributed by atoms with van der Waals surface area (Å²) in [5, 5.41) is 6.01. The Labute approximate surface area is 173 Å². The van der Waals surface area contributed by atoms with Crippen LogP contribution in [-0.4, -0.2) is 14.6 Å². The Morgan fingerprint density at radius 2 is 1.90 bits per heavy atom. The second-order valence-corrected chi connectivity index (χ2v) is 8.46. The van der Waals surface area contributed by atoms with E-state index in [1.807, 2.05) is 4.52 Å². The molecule has 4 rings (SSSR count). The molecular formula is C25H31N3O. The predicted molar refractivity (Wildman–Crippen MR) is 120 cm³/mol. The molecule has 0 spiro atoms. The minimum absolute atomic E-state index is 0.408. The number of imidazole rings is 1. The molecule has 0 aliphatic rings. The third-order valence-electron chi connectivity index (χ3n) is 5.79. The van der Waals surface area contributed by atoms with E-state index >= 15 is 0 Å². The lowest BCUT2D eigenvalue weighted by Gasteiger charge is -2.08. The summed E-state index contributed by atoms with van der Waals surface area (Å²) in [7, 11) is 0. The minimum Gasteiger partial charge on any atom is -0.460 e. The van der Waals surface area contributed by atoms with Crippen LogP contribution in [0.15, 0.2) is 28.7 Å². The summed E-state index contributed by atoms with van der Waals surface area (Å²) < 4.78 is 8.34. The van der Waals surface area contributed by atoms with Gasteiger partial charge in [-0.25, -0.2) is 9.50 Å². The molecule has 0 aliphatic heterocycles. The molecule has 0 aliphatic carbocycles. The van der Waals surface area contributed by atoms with Crippen LogP contribution in [0.2, 0.25) is 0 Å². The highest BCUT2D eigenvalue weighted by Gasteiger charge is 2.23. The lowest BCUT2D eigenvalue weighted by molar-refractivity contribution is 0.573. The molecule has 0 radical (unpaired) electrons. The number of aromatic nitrogens is 3. The normalized spacial score (nSPS) is 12.0. The maximum absolute atomic E-state index is 6.29. The van der Waals surface area contributed by atoms with Crippen LogP contribution in [0.4, 0.5) is 0 Å². The van der Waals surface area contributed by atoms with E-state index < -0.39 is 0 Å². The van der Waals surface area contributed by atoms with Crippen LogP contribution in [0.25, 0.3) is 27.9 Å². The van der Waals surface area contributed by atoms with Crippen molar-refractivity contribution in [2.45, 2.75) is 73.1 Å². The summed E-state index contributed by atoms with van der Waals surface area (Å²) in [4.78, 5) is 4.95. The van der Waals surface area contributed by atoms with Crippen molar-refractivity contribution in [2.75, 3.05) is 0 Å². The number of fused-ring (bicyclic) bond motifs is 2. The van der Waals surface area contributed by atoms with E-state index in [1.54, 1.807) is 0 Å². The average Bonchev–Trinajstić information content (AvgIpc) is 3.16. The second-order valence-electron chi connectivity index (χ2n) is 8.46. The van der Waals surface area contributed by atoms with Gasteiger partial charge in [0.2, 0.25) is 0 Å². The van der Waals surface area contributed by atoms with Gasteiger partial charge in [-0.2, -0.15) is 5.10 Å². The first-order chi connectivity index (χ1) is 13.9. The third kappa shape index (κ3) is 3.35. The van der Waals surface area contributed by atoms with E-state index in [0.29, 0.717) is 5.92 Å². The highest BCUT2D eigenvalue weighted by atomic mass is 16.3. The van der Waals surface area contributed by atoms with Gasteiger partial charge in [-0.3, -0.25) is 0 Å². The summed E-state index contributed by atoms with van der Waals surface area (Å²) >= 11 is 0. The third-order valence-corrected chi connectivity index (χ3v) is 5.79. The second kappa shape index (κ2) is 7.66. The van der Waals surface area contributed by atoms with Crippen LogP contribution in [0.5, 0.6) is 0 Å². The molecule has 1 aromatic carbocycles. The maximum Gasteiger partial charge on any atom is 0.157 e. The van der Waals surface area contributed by atoms with Crippen LogP contribution < -0.4 is 0 Å². The molecule has 0 N–H and O–H groups in total. The summed E-state index contributed by atoms with van der Waals surface area (Å²) in [6, 6.07) is 8.64. The van der Waals surface area contributed by atoms with E-state index in [0.717, 1.165) is 51.4 Å². The van der Waals surface area contributed by atoms with E-state index in [-0.39, 0.29) is 0 Å². The quantitative estimate of drug-likeness (QED) is 0.336. The van der Waals surface area contributed by atoms with Gasteiger partial charge < -0.3 is 4.42 Å². The fourth-order valence-electron chi connectivity index (χ4n) is 4.37. The Bertz CT molecular complexity index is 1180. The molecule has 0 bridgehead atoms. The Morgan fingerprint density at radius 3 is 2.62 bits per heavy atom. The van der Waals surface area contributed by atoms with Crippen LogP contribution in [-0.2, 0) is 6.42 Å². The Kier molecular flexibility index (Phi) is 5.20. The SMILES string of the molecule is CCCCCc1cc(C)nn2c(-c3c(C)oc4c(C(C)C)cccc34)c(C)nc12. The Hall–Kier alpha value is -2.62. The molecular weight excluding hydrogens is 358 g/mol. The molecule has 3 heterocycles. The van der Waals surface area contributed by atoms with E-state index in [4.69, 9.17) is 14.5 Å². The molecule has 4 nitrogen and oxygen atoms in total. The summed E-state index contributed by atoms with van der Waals surface area (Å²) in [5.41, 5.74) is 8.69. The largest absolute Gasteiger partial charge is 0.460 e. The molecule has 152 valence electrons. The molecule has 29 heavy (non-hydrogen) atoms. The molecule has 0 fully saturated rings. The molecule has 0 atom stereocenters. The Balaban J connectivity index is 1.97. The molecule has 0 amide bonds. The van der Waals surface area contributed by atoms with Gasteiger partial charge in [0, 0.05) is 5.39 Å². The van der Waals surface area contributed by atoms with Crippen molar-refractivity contribution in [2.24, 2.45) is 0 Å². The lowest BCUT2D eigenvalue weighted by atomic mass is 9.98. The highest BCUT2D eigenvalue weighted by molar-refractivity contribution is 5.97. The van der Waals surface area contributed by atoms with Gasteiger partial charge in [-0.05, 0) is 56.7 Å². The maximum atomic E-state index is 6.29. The predicted octanol–water partition coefficient (Wildman–Crippen LogP) is 6.92. The summed E-state index contributed by atoms with van der Waals surface area (Å²) in [6.45, 7) is 12.9. The van der Waals surface area contributed by atoms with Crippen molar-refractivity contribution < 1.29 is 4.42 Å². The fraction of sp³-hybridized carbons (Fsp3) is 0.440. The monoisotopic (exact) mass is 389 g/mol. The zero-order valence-corrected chi connectivity index (χ0v) is 18.5. The smallest absolute Gasteiger partial charge is 0.157 e. The zero-order chi connectivity index (χ0) is 20.7. The van der Waals surface area contributed by atoms with Gasteiger partial charge in [0.25, 0.3) is 0 Å². The van der Waals surface area contributed by atoms with Gasteiger partial charge in [0.15, 0.2) is 5.65 Å². The number of para-hydroxylation sites is 1. The van der Waals surface area contributed by atoms with E-state index in [2.05, 4.69) is 65.8 Å². The molecule has 0 saturated carbocycles. The van der Waals surface area contributed by atoms with E-state index in [1.165, 1.54) is 30.4 Å². The number of hydrogen-bond acceptors (Lipinski definition) is 3. The van der Waals surface area contributed by atoms with Crippen LogP contribution in [0.3, 0.4) is 0 Å². The zero-order valence-electron chi connectivity index (χ0n) is 18.5. The first-order valence-corrected chi connectivity index (χ1v) is 10.8. The number of aryl methyl sites for hydroxylation is 4. The minimum atomic E-state index is 0.408. The van der Waals surface area contributed by atoms with Crippen molar-refractivity contribution in [1.29, 1.82) is 0 Å². The number of furan rings is 1. The van der Waals surface area contributed by atoms with Crippen molar-refractivity contribution in [1.82, 2.24) is 14.6 Å². The first kappa shape index (κ1) is 19.7. The molecule has 4 aromatic rings. The number of unbranched alkanes of at least 4 members (excludes halogenated alkanes) is 2. The average molecular weight is 390 g/mol. The summed E-state index contributed by atoms with van der Waals surface area (Å²) in [6.07, 6.45) is 4.68. The van der Waals surface area contributed by atoms with Gasteiger partial charge in [0.05, 0.1) is 22.6 Å². The fourth-order valence-corrected chi connectivity index (χ4v) is 4.37. The number of nitrogens with zero attached hydrogens (tertiary/aromatic N) is 3. The van der Waals surface area contributed by atoms with Crippen LogP contribution >= 0.6 is 0 Å².